The summed E-state index contributed by atoms with van der Waals surface area (Å²) in [5.41, 5.74) is 0.778. The zero-order valence-corrected chi connectivity index (χ0v) is 10.5. The molecular weight excluding hydrogens is 244 g/mol. The van der Waals surface area contributed by atoms with Gasteiger partial charge in [-0.05, 0) is 18.2 Å². The zero-order valence-electron chi connectivity index (χ0n) is 10.5. The summed E-state index contributed by atoms with van der Waals surface area (Å²) in [7, 11) is 3.15. The van der Waals surface area contributed by atoms with Crippen LogP contribution >= 0.6 is 0 Å². The van der Waals surface area contributed by atoms with Gasteiger partial charge < -0.3 is 14.8 Å². The van der Waals surface area contributed by atoms with Gasteiger partial charge in [0.2, 0.25) is 5.82 Å². The van der Waals surface area contributed by atoms with E-state index >= 15 is 0 Å². The number of nitrogens with zero attached hydrogens (tertiary/aromatic N) is 3. The number of nitrogens with one attached hydrogen (secondary N) is 1. The van der Waals surface area contributed by atoms with Gasteiger partial charge in [0, 0.05) is 18.0 Å². The smallest absolute Gasteiger partial charge is 0.234 e. The Morgan fingerprint density at radius 3 is 2.63 bits per heavy atom. The van der Waals surface area contributed by atoms with Crippen LogP contribution < -0.4 is 14.8 Å². The minimum Gasteiger partial charge on any atom is -0.493 e. The molecule has 0 radical (unpaired) electrons. The van der Waals surface area contributed by atoms with Crippen LogP contribution in [-0.2, 0) is 0 Å². The van der Waals surface area contributed by atoms with Crippen molar-refractivity contribution in [3.8, 4) is 17.6 Å². The Labute approximate surface area is 110 Å². The van der Waals surface area contributed by atoms with E-state index in [9.17, 15) is 0 Å². The molecule has 6 nitrogen and oxygen atoms in total. The lowest BCUT2D eigenvalue weighted by Gasteiger charge is -2.10. The largest absolute Gasteiger partial charge is 0.493 e. The predicted octanol–water partition coefficient (Wildman–Crippen LogP) is 2.11. The average molecular weight is 256 g/mol. The molecule has 1 aromatic heterocycles. The molecule has 96 valence electrons. The maximum Gasteiger partial charge on any atom is 0.234 e. The van der Waals surface area contributed by atoms with Gasteiger partial charge in [-0.15, -0.1) is 0 Å². The van der Waals surface area contributed by atoms with Crippen LogP contribution in [0.25, 0.3) is 0 Å². The predicted molar refractivity (Wildman–Crippen MR) is 69.6 cm³/mol. The van der Waals surface area contributed by atoms with Gasteiger partial charge >= 0.3 is 0 Å². The van der Waals surface area contributed by atoms with E-state index in [-0.39, 0.29) is 5.82 Å². The quantitative estimate of drug-likeness (QED) is 0.902. The molecule has 0 bridgehead atoms. The van der Waals surface area contributed by atoms with Crippen molar-refractivity contribution < 1.29 is 9.47 Å². The summed E-state index contributed by atoms with van der Waals surface area (Å²) in [6.07, 6.45) is 1.52. The molecule has 2 rings (SSSR count). The fourth-order valence-electron chi connectivity index (χ4n) is 1.54. The van der Waals surface area contributed by atoms with Crippen LogP contribution in [0.5, 0.6) is 11.5 Å². The molecule has 0 spiro atoms. The van der Waals surface area contributed by atoms with Crippen molar-refractivity contribution in [2.24, 2.45) is 0 Å². The Morgan fingerprint density at radius 2 is 1.95 bits per heavy atom. The molecule has 19 heavy (non-hydrogen) atoms. The van der Waals surface area contributed by atoms with Crippen LogP contribution in [0.2, 0.25) is 0 Å². The van der Waals surface area contributed by atoms with Crippen LogP contribution in [0.3, 0.4) is 0 Å². The van der Waals surface area contributed by atoms with Crippen molar-refractivity contribution >= 4 is 11.5 Å². The molecule has 0 saturated heterocycles. The molecule has 0 amide bonds. The van der Waals surface area contributed by atoms with E-state index in [4.69, 9.17) is 14.7 Å². The lowest BCUT2D eigenvalue weighted by atomic mass is 10.2. The highest BCUT2D eigenvalue weighted by Crippen LogP contribution is 2.30. The number of aromatic nitrogens is 2. The van der Waals surface area contributed by atoms with E-state index in [0.717, 1.165) is 5.69 Å². The summed E-state index contributed by atoms with van der Waals surface area (Å²) in [4.78, 5) is 7.83. The van der Waals surface area contributed by atoms with Crippen molar-refractivity contribution in [1.82, 2.24) is 9.97 Å². The van der Waals surface area contributed by atoms with E-state index in [1.54, 1.807) is 32.4 Å². The minimum absolute atomic E-state index is 0.116. The summed E-state index contributed by atoms with van der Waals surface area (Å²) in [5, 5.41) is 11.8. The number of benzene rings is 1. The van der Waals surface area contributed by atoms with Gasteiger partial charge in [-0.1, -0.05) is 0 Å². The highest BCUT2D eigenvalue weighted by Gasteiger charge is 2.05. The zero-order chi connectivity index (χ0) is 13.7. The highest BCUT2D eigenvalue weighted by molar-refractivity contribution is 5.61. The van der Waals surface area contributed by atoms with E-state index in [1.807, 2.05) is 12.1 Å². The van der Waals surface area contributed by atoms with Crippen LogP contribution in [0.1, 0.15) is 5.82 Å². The van der Waals surface area contributed by atoms with Crippen LogP contribution in [0.4, 0.5) is 11.5 Å². The third-order valence-corrected chi connectivity index (χ3v) is 2.41. The minimum atomic E-state index is 0.116. The molecule has 0 aliphatic carbocycles. The third-order valence-electron chi connectivity index (χ3n) is 2.41. The summed E-state index contributed by atoms with van der Waals surface area (Å²) in [6, 6.07) is 8.96. The number of ether oxygens (including phenoxy) is 2. The van der Waals surface area contributed by atoms with E-state index in [2.05, 4.69) is 15.3 Å². The second kappa shape index (κ2) is 5.69. The number of methoxy groups -OCH3 is 2. The molecule has 1 N–H and O–H groups in total. The molecule has 0 aliphatic rings. The van der Waals surface area contributed by atoms with Crippen molar-refractivity contribution in [3.63, 3.8) is 0 Å². The third kappa shape index (κ3) is 2.90. The van der Waals surface area contributed by atoms with Crippen molar-refractivity contribution in [3.05, 3.63) is 36.3 Å². The van der Waals surface area contributed by atoms with Crippen molar-refractivity contribution in [2.75, 3.05) is 19.5 Å². The summed E-state index contributed by atoms with van der Waals surface area (Å²) >= 11 is 0. The Hall–Kier alpha value is -2.81. The van der Waals surface area contributed by atoms with E-state index in [1.165, 1.54) is 6.20 Å². The summed E-state index contributed by atoms with van der Waals surface area (Å²) < 4.78 is 10.4. The standard InChI is InChI=1S/C13H12N4O2/c1-18-10-4-3-9(7-11(10)19-2)16-12-5-6-15-13(8-14)17-12/h3-7H,1-2H3,(H,15,16,17). The molecule has 1 heterocycles. The van der Waals surface area contributed by atoms with Crippen LogP contribution in [-0.4, -0.2) is 24.2 Å². The first-order valence-electron chi connectivity index (χ1n) is 5.49. The van der Waals surface area contributed by atoms with Crippen LogP contribution in [0.15, 0.2) is 30.5 Å². The van der Waals surface area contributed by atoms with Crippen LogP contribution in [0, 0.1) is 11.3 Å². The number of anilines is 2. The maximum absolute atomic E-state index is 8.74. The fraction of sp³-hybridized carbons (Fsp3) is 0.154. The summed E-state index contributed by atoms with van der Waals surface area (Å²) in [5.74, 6) is 1.92. The molecule has 0 saturated carbocycles. The monoisotopic (exact) mass is 256 g/mol. The lowest BCUT2D eigenvalue weighted by molar-refractivity contribution is 0.355. The molecule has 0 unspecified atom stereocenters. The van der Waals surface area contributed by atoms with Gasteiger partial charge in [-0.25, -0.2) is 9.97 Å². The Kier molecular flexibility index (Phi) is 3.78. The van der Waals surface area contributed by atoms with Gasteiger partial charge in [-0.2, -0.15) is 5.26 Å². The number of hydrogen-bond donors (Lipinski definition) is 1. The second-order valence-electron chi connectivity index (χ2n) is 3.57. The normalized spacial score (nSPS) is 9.53. The second-order valence-corrected chi connectivity index (χ2v) is 3.57. The first kappa shape index (κ1) is 12.6. The van der Waals surface area contributed by atoms with Gasteiger partial charge in [0.1, 0.15) is 11.9 Å². The fourth-order valence-corrected chi connectivity index (χ4v) is 1.54. The lowest BCUT2D eigenvalue weighted by Crippen LogP contribution is -1.98. The molecule has 0 fully saturated rings. The number of hydrogen-bond acceptors (Lipinski definition) is 6. The molecule has 1 aromatic carbocycles. The SMILES string of the molecule is COc1ccc(Nc2ccnc(C#N)n2)cc1OC. The van der Waals surface area contributed by atoms with Gasteiger partial charge in [-0.3, -0.25) is 0 Å². The number of nitriles is 1. The van der Waals surface area contributed by atoms with Crippen molar-refractivity contribution in [2.45, 2.75) is 0 Å². The maximum atomic E-state index is 8.74. The summed E-state index contributed by atoms with van der Waals surface area (Å²) in [6.45, 7) is 0. The van der Waals surface area contributed by atoms with E-state index < -0.39 is 0 Å². The van der Waals surface area contributed by atoms with Gasteiger partial charge in [0.05, 0.1) is 14.2 Å². The van der Waals surface area contributed by atoms with Gasteiger partial charge in [0.15, 0.2) is 11.5 Å². The highest BCUT2D eigenvalue weighted by atomic mass is 16.5. The first-order valence-corrected chi connectivity index (χ1v) is 5.49. The van der Waals surface area contributed by atoms with Gasteiger partial charge in [0.25, 0.3) is 0 Å². The molecule has 0 aliphatic heterocycles. The molecule has 2 aromatic rings. The Balaban J connectivity index is 2.26. The topological polar surface area (TPSA) is 80.1 Å². The van der Waals surface area contributed by atoms with E-state index in [0.29, 0.717) is 17.3 Å². The Morgan fingerprint density at radius 1 is 1.16 bits per heavy atom. The molecule has 0 atom stereocenters. The molecule has 6 heteroatoms. The average Bonchev–Trinajstić information content (AvgIpc) is 2.47. The molecular formula is C13H12N4O2. The number of rotatable bonds is 4. The van der Waals surface area contributed by atoms with Crippen molar-refractivity contribution in [1.29, 1.82) is 5.26 Å². The Bertz CT molecular complexity index is 622. The first-order chi connectivity index (χ1) is 9.26.